The van der Waals surface area contributed by atoms with Gasteiger partial charge in [-0.2, -0.15) is 11.8 Å². The second-order valence-electron chi connectivity index (χ2n) is 8.16. The Balaban J connectivity index is -0.000000137. The Morgan fingerprint density at radius 2 is 1.12 bits per heavy atom. The average molecular weight is 745 g/mol. The number of ether oxygens (including phenoxy) is 3. The minimum atomic E-state index is -0.404. The molecule has 10 nitrogen and oxygen atoms in total. The van der Waals surface area contributed by atoms with E-state index in [2.05, 4.69) is 10.6 Å². The largest absolute Gasteiger partial charge is 0.381 e. The molecule has 2 amide bonds. The average Bonchev–Trinajstić information content (AvgIpc) is 2.81. The van der Waals surface area contributed by atoms with E-state index in [1.165, 1.54) is 25.6 Å². The van der Waals surface area contributed by atoms with Crippen LogP contribution in [0.4, 0.5) is 0 Å². The van der Waals surface area contributed by atoms with Crippen molar-refractivity contribution in [2.24, 2.45) is 0 Å². The summed E-state index contributed by atoms with van der Waals surface area (Å²) < 4.78 is 15.7. The number of nitrogens with one attached hydrogen (secondary N) is 2. The van der Waals surface area contributed by atoms with E-state index in [4.69, 9.17) is 14.2 Å². The van der Waals surface area contributed by atoms with Crippen LogP contribution in [0.5, 0.6) is 0 Å². The summed E-state index contributed by atoms with van der Waals surface area (Å²) in [5.74, 6) is 0.726. The Kier molecular flexibility index (Phi) is 52.2. The standard InChI is InChI=1S/C15H27NO4S.C10H19NO4.2CH4.2Y/c1-12(17)7-5-4-6-9-20-10-8-15(19)16-14(11-21-3)13(2)18;1-9(12)3-5-14-7-8-15-6-4-10(13)11-2;;;;/h14H,4-11H2,1-3H3,(H,16,19);3-8H2,1-2H3,(H,11,13);2*1H4;;. The van der Waals surface area contributed by atoms with E-state index in [0.29, 0.717) is 64.7 Å². The Labute approximate surface area is 297 Å². The van der Waals surface area contributed by atoms with Crippen molar-refractivity contribution in [2.75, 3.05) is 58.7 Å². The summed E-state index contributed by atoms with van der Waals surface area (Å²) in [6, 6.07) is -0.404. The maximum Gasteiger partial charge on any atom is 0.222 e. The van der Waals surface area contributed by atoms with Gasteiger partial charge in [0.2, 0.25) is 11.8 Å². The van der Waals surface area contributed by atoms with Crippen molar-refractivity contribution in [2.45, 2.75) is 86.6 Å². The molecule has 0 heterocycles. The van der Waals surface area contributed by atoms with Crippen molar-refractivity contribution in [1.82, 2.24) is 10.6 Å². The molecule has 0 aliphatic carbocycles. The van der Waals surface area contributed by atoms with Crippen LogP contribution in [0.3, 0.4) is 0 Å². The third kappa shape index (κ3) is 42.8. The number of carbonyl (C=O) groups is 5. The zero-order chi connectivity index (χ0) is 27.6. The van der Waals surface area contributed by atoms with Crippen molar-refractivity contribution < 1.29 is 104 Å². The topological polar surface area (TPSA) is 137 Å². The van der Waals surface area contributed by atoms with E-state index < -0.39 is 6.04 Å². The number of carbonyl (C=O) groups excluding carboxylic acids is 5. The van der Waals surface area contributed by atoms with Gasteiger partial charge in [-0.1, -0.05) is 21.3 Å². The van der Waals surface area contributed by atoms with E-state index in [1.807, 2.05) is 6.26 Å². The van der Waals surface area contributed by atoms with Crippen LogP contribution in [0.15, 0.2) is 0 Å². The van der Waals surface area contributed by atoms with Gasteiger partial charge in [0.1, 0.15) is 11.6 Å². The van der Waals surface area contributed by atoms with Crippen LogP contribution in [-0.2, 0) is 104 Å². The fourth-order valence-electron chi connectivity index (χ4n) is 2.54. The summed E-state index contributed by atoms with van der Waals surface area (Å²) in [6.07, 6.45) is 6.37. The summed E-state index contributed by atoms with van der Waals surface area (Å²) in [6.45, 7) is 7.33. The molecule has 0 aromatic heterocycles. The van der Waals surface area contributed by atoms with Crippen LogP contribution in [0, 0.1) is 0 Å². The molecular weight excluding hydrogens is 690 g/mol. The molecule has 0 saturated carbocycles. The van der Waals surface area contributed by atoms with E-state index in [1.54, 1.807) is 14.0 Å². The van der Waals surface area contributed by atoms with Gasteiger partial charge < -0.3 is 29.6 Å². The Morgan fingerprint density at radius 1 is 0.650 bits per heavy atom. The van der Waals surface area contributed by atoms with Gasteiger partial charge in [-0.05, 0) is 39.9 Å². The minimum absolute atomic E-state index is 0. The molecule has 40 heavy (non-hydrogen) atoms. The molecule has 0 aromatic carbocycles. The second-order valence-corrected chi connectivity index (χ2v) is 9.07. The van der Waals surface area contributed by atoms with E-state index in [9.17, 15) is 24.0 Å². The van der Waals surface area contributed by atoms with Crippen LogP contribution in [-0.4, -0.2) is 93.9 Å². The van der Waals surface area contributed by atoms with E-state index in [0.717, 1.165) is 19.3 Å². The van der Waals surface area contributed by atoms with Gasteiger partial charge in [0, 0.05) is 111 Å². The number of Topliss-reactive ketones (excluding diaryl/α,β-unsaturated/α-hetero) is 3. The maximum absolute atomic E-state index is 11.7. The van der Waals surface area contributed by atoms with Crippen LogP contribution in [0.2, 0.25) is 0 Å². The van der Waals surface area contributed by atoms with Gasteiger partial charge >= 0.3 is 0 Å². The molecule has 0 saturated heterocycles. The van der Waals surface area contributed by atoms with Crippen LogP contribution < -0.4 is 10.6 Å². The van der Waals surface area contributed by atoms with Crippen LogP contribution >= 0.6 is 11.8 Å². The normalized spacial score (nSPS) is 10.0. The third-order valence-electron chi connectivity index (χ3n) is 4.67. The number of ketones is 3. The first kappa shape index (κ1) is 53.0. The predicted molar refractivity (Wildman–Crippen MR) is 155 cm³/mol. The van der Waals surface area contributed by atoms with Crippen LogP contribution in [0.1, 0.15) is 80.6 Å². The number of unbranched alkanes of at least 4 members (excludes halogenated alkanes) is 2. The van der Waals surface area contributed by atoms with Gasteiger partial charge in [0.05, 0.1) is 39.1 Å². The summed E-state index contributed by atoms with van der Waals surface area (Å²) in [4.78, 5) is 55.0. The Morgan fingerprint density at radius 3 is 1.57 bits per heavy atom. The number of hydrogen-bond acceptors (Lipinski definition) is 9. The first-order chi connectivity index (χ1) is 17.1. The molecule has 1 unspecified atom stereocenters. The number of rotatable bonds is 22. The molecule has 0 aliphatic heterocycles. The second kappa shape index (κ2) is 39.4. The first-order valence-electron chi connectivity index (χ1n) is 12.3. The molecule has 0 aromatic rings. The fraction of sp³-hybridized carbons (Fsp3) is 0.815. The zero-order valence-corrected chi connectivity index (χ0v) is 30.3. The van der Waals surface area contributed by atoms with Crippen molar-refractivity contribution in [3.63, 3.8) is 0 Å². The first-order valence-corrected chi connectivity index (χ1v) is 13.7. The van der Waals surface area contributed by atoms with E-state index >= 15 is 0 Å². The number of amides is 2. The van der Waals surface area contributed by atoms with Gasteiger partial charge in [0.25, 0.3) is 0 Å². The molecule has 0 fully saturated rings. The monoisotopic (exact) mass is 744 g/mol. The van der Waals surface area contributed by atoms with Crippen LogP contribution in [0.25, 0.3) is 0 Å². The van der Waals surface area contributed by atoms with Gasteiger partial charge in [-0.15, -0.1) is 0 Å². The Bertz CT molecular complexity index is 644. The number of hydrogen-bond donors (Lipinski definition) is 2. The molecule has 0 aliphatic rings. The zero-order valence-electron chi connectivity index (χ0n) is 23.8. The predicted octanol–water partition coefficient (Wildman–Crippen LogP) is 3.38. The summed E-state index contributed by atoms with van der Waals surface area (Å²) in [5, 5.41) is 5.22. The molecule has 0 bridgehead atoms. The molecular formula is C27H54N2O8SY2. The third-order valence-corrected chi connectivity index (χ3v) is 5.34. The molecule has 232 valence electrons. The van der Waals surface area contributed by atoms with Gasteiger partial charge in [-0.25, -0.2) is 0 Å². The SMILES string of the molecule is C.C.CNC(=O)CCOCCOCCC(C)=O.CSCC(NC(=O)CCOCCCCCC(C)=O)C(C)=O.[Y].[Y]. The Hall–Kier alpha value is 0.388. The minimum Gasteiger partial charge on any atom is -0.381 e. The summed E-state index contributed by atoms with van der Waals surface area (Å²) >= 11 is 1.53. The molecule has 2 radical (unpaired) electrons. The smallest absolute Gasteiger partial charge is 0.222 e. The molecule has 2 N–H and O–H groups in total. The van der Waals surface area contributed by atoms with Crippen molar-refractivity contribution in [3.05, 3.63) is 0 Å². The maximum atomic E-state index is 11.7. The van der Waals surface area contributed by atoms with E-state index in [-0.39, 0.29) is 116 Å². The molecule has 0 spiro atoms. The van der Waals surface area contributed by atoms with Gasteiger partial charge in [0.15, 0.2) is 5.78 Å². The van der Waals surface area contributed by atoms with Crippen molar-refractivity contribution in [1.29, 1.82) is 0 Å². The van der Waals surface area contributed by atoms with Gasteiger partial charge in [-0.3, -0.25) is 19.2 Å². The molecule has 0 rings (SSSR count). The van der Waals surface area contributed by atoms with Crippen molar-refractivity contribution >= 4 is 40.9 Å². The fourth-order valence-corrected chi connectivity index (χ4v) is 3.19. The quantitative estimate of drug-likeness (QED) is 0.160. The molecule has 1 atom stereocenters. The molecule has 13 heteroatoms. The summed E-state index contributed by atoms with van der Waals surface area (Å²) in [7, 11) is 1.59. The number of thioether (sulfide) groups is 1. The summed E-state index contributed by atoms with van der Waals surface area (Å²) in [5.41, 5.74) is 0. The van der Waals surface area contributed by atoms with Crippen molar-refractivity contribution in [3.8, 4) is 0 Å².